The first-order valence-electron chi connectivity index (χ1n) is 6.09. The highest BCUT2D eigenvalue weighted by atomic mass is 35.8. The topological polar surface area (TPSA) is 26.3 Å². The SMILES string of the molecule is COC(=O)CCCCCCCCC[Si](Cl)(Cl)Cl. The lowest BCUT2D eigenvalue weighted by Crippen LogP contribution is -2.07. The van der Waals surface area contributed by atoms with Crippen LogP contribution < -0.4 is 0 Å². The molecule has 0 unspecified atom stereocenters. The van der Waals surface area contributed by atoms with Crippen LogP contribution in [0.2, 0.25) is 6.04 Å². The van der Waals surface area contributed by atoms with Crippen LogP contribution in [0.3, 0.4) is 0 Å². The number of carbonyl (C=O) groups is 1. The smallest absolute Gasteiger partial charge is 0.341 e. The first-order valence-corrected chi connectivity index (χ1v) is 11.3. The maximum atomic E-state index is 10.8. The fourth-order valence-corrected chi connectivity index (χ4v) is 3.43. The second-order valence-corrected chi connectivity index (χ2v) is 13.4. The largest absolute Gasteiger partial charge is 0.469 e. The Hall–Kier alpha value is 0.557. The van der Waals surface area contributed by atoms with Crippen LogP contribution in [0, 0.1) is 0 Å². The van der Waals surface area contributed by atoms with E-state index in [1.807, 2.05) is 0 Å². The highest BCUT2D eigenvalue weighted by Gasteiger charge is 2.23. The van der Waals surface area contributed by atoms with Crippen LogP contribution >= 0.6 is 33.2 Å². The lowest BCUT2D eigenvalue weighted by molar-refractivity contribution is -0.140. The summed E-state index contributed by atoms with van der Waals surface area (Å²) < 4.78 is 4.57. The number of rotatable bonds is 10. The molecule has 0 saturated carbocycles. The number of hydrogen-bond donors (Lipinski definition) is 0. The zero-order valence-corrected chi connectivity index (χ0v) is 13.6. The van der Waals surface area contributed by atoms with Gasteiger partial charge in [-0.2, -0.15) is 0 Å². The predicted octanol–water partition coefficient (Wildman–Crippen LogP) is 4.94. The fourth-order valence-electron chi connectivity index (χ4n) is 1.58. The molecular formula is C11H21Cl3O2Si. The highest BCUT2D eigenvalue weighted by Crippen LogP contribution is 2.27. The lowest BCUT2D eigenvalue weighted by Gasteiger charge is -2.06. The van der Waals surface area contributed by atoms with Crippen LogP contribution in [0.4, 0.5) is 0 Å². The van der Waals surface area contributed by atoms with E-state index < -0.39 is 6.00 Å². The maximum absolute atomic E-state index is 10.8. The minimum Gasteiger partial charge on any atom is -0.469 e. The number of methoxy groups -OCH3 is 1. The molecule has 17 heavy (non-hydrogen) atoms. The van der Waals surface area contributed by atoms with Gasteiger partial charge in [0.15, 0.2) is 0 Å². The molecule has 0 rings (SSSR count). The summed E-state index contributed by atoms with van der Waals surface area (Å²) in [6, 6.07) is -1.63. The van der Waals surface area contributed by atoms with Gasteiger partial charge in [0.25, 0.3) is 0 Å². The number of halogens is 3. The molecule has 0 N–H and O–H groups in total. The molecule has 0 amide bonds. The van der Waals surface area contributed by atoms with E-state index in [0.717, 1.165) is 31.7 Å². The van der Waals surface area contributed by atoms with Crippen molar-refractivity contribution in [3.63, 3.8) is 0 Å². The molecule has 0 aromatic heterocycles. The van der Waals surface area contributed by atoms with E-state index >= 15 is 0 Å². The van der Waals surface area contributed by atoms with Crippen molar-refractivity contribution in [2.75, 3.05) is 7.11 Å². The number of carbonyl (C=O) groups excluding carboxylic acids is 1. The van der Waals surface area contributed by atoms with Crippen molar-refractivity contribution in [3.05, 3.63) is 0 Å². The van der Waals surface area contributed by atoms with E-state index in [2.05, 4.69) is 4.74 Å². The third kappa shape index (κ3) is 14.5. The minimum absolute atomic E-state index is 0.113. The van der Waals surface area contributed by atoms with Crippen LogP contribution in [0.15, 0.2) is 0 Å². The predicted molar refractivity (Wildman–Crippen MR) is 77.1 cm³/mol. The molecule has 0 aliphatic heterocycles. The molecule has 0 heterocycles. The maximum Gasteiger partial charge on any atom is 0.341 e. The highest BCUT2D eigenvalue weighted by molar-refractivity contribution is 7.64. The quantitative estimate of drug-likeness (QED) is 0.247. The van der Waals surface area contributed by atoms with Crippen molar-refractivity contribution in [2.24, 2.45) is 0 Å². The Morgan fingerprint density at radius 2 is 1.41 bits per heavy atom. The fraction of sp³-hybridized carbons (Fsp3) is 0.909. The molecule has 0 aromatic rings. The van der Waals surface area contributed by atoms with E-state index in [1.165, 1.54) is 26.4 Å². The summed E-state index contributed by atoms with van der Waals surface area (Å²) >= 11 is 17.4. The van der Waals surface area contributed by atoms with Gasteiger partial charge in [-0.25, -0.2) is 0 Å². The Morgan fingerprint density at radius 1 is 0.941 bits per heavy atom. The monoisotopic (exact) mass is 318 g/mol. The molecular weight excluding hydrogens is 299 g/mol. The Kier molecular flexibility index (Phi) is 10.8. The zero-order valence-electron chi connectivity index (χ0n) is 10.3. The summed E-state index contributed by atoms with van der Waals surface area (Å²) in [6.45, 7) is 0. The van der Waals surface area contributed by atoms with Gasteiger partial charge in [0.2, 0.25) is 0 Å². The number of ether oxygens (including phenoxy) is 1. The molecule has 0 aliphatic carbocycles. The zero-order chi connectivity index (χ0) is 13.1. The third-order valence-electron chi connectivity index (χ3n) is 2.57. The first-order chi connectivity index (χ1) is 7.95. The van der Waals surface area contributed by atoms with Gasteiger partial charge in [-0.1, -0.05) is 38.5 Å². The van der Waals surface area contributed by atoms with Gasteiger partial charge in [0.1, 0.15) is 0 Å². The Bertz CT molecular complexity index is 207. The van der Waals surface area contributed by atoms with Crippen LogP contribution in [0.25, 0.3) is 0 Å². The number of hydrogen-bond acceptors (Lipinski definition) is 2. The van der Waals surface area contributed by atoms with Gasteiger partial charge in [0, 0.05) is 6.42 Å². The van der Waals surface area contributed by atoms with Crippen molar-refractivity contribution < 1.29 is 9.53 Å². The average Bonchev–Trinajstić information content (AvgIpc) is 2.25. The van der Waals surface area contributed by atoms with E-state index in [0.29, 0.717) is 6.42 Å². The van der Waals surface area contributed by atoms with Gasteiger partial charge >= 0.3 is 12.0 Å². The number of esters is 1. The molecule has 102 valence electrons. The van der Waals surface area contributed by atoms with Crippen molar-refractivity contribution >= 4 is 45.2 Å². The van der Waals surface area contributed by atoms with E-state index in [-0.39, 0.29) is 5.97 Å². The normalized spacial score (nSPS) is 11.5. The van der Waals surface area contributed by atoms with Crippen LogP contribution in [0.5, 0.6) is 0 Å². The van der Waals surface area contributed by atoms with Crippen molar-refractivity contribution in [1.29, 1.82) is 0 Å². The molecule has 6 heteroatoms. The van der Waals surface area contributed by atoms with Gasteiger partial charge < -0.3 is 4.74 Å². The average molecular weight is 320 g/mol. The van der Waals surface area contributed by atoms with Gasteiger partial charge in [-0.05, 0) is 12.5 Å². The van der Waals surface area contributed by atoms with Crippen molar-refractivity contribution in [2.45, 2.75) is 57.4 Å². The third-order valence-corrected chi connectivity index (χ3v) is 5.19. The van der Waals surface area contributed by atoms with Gasteiger partial charge in [-0.3, -0.25) is 4.79 Å². The summed E-state index contributed by atoms with van der Waals surface area (Å²) in [5.41, 5.74) is 0. The molecule has 0 saturated heterocycles. The molecule has 0 spiro atoms. The lowest BCUT2D eigenvalue weighted by atomic mass is 10.1. The summed E-state index contributed by atoms with van der Waals surface area (Å²) in [5.74, 6) is -0.113. The summed E-state index contributed by atoms with van der Waals surface area (Å²) in [5, 5.41) is 0. The van der Waals surface area contributed by atoms with Crippen molar-refractivity contribution in [1.82, 2.24) is 0 Å². The molecule has 0 fully saturated rings. The second-order valence-electron chi connectivity index (χ2n) is 4.17. The summed E-state index contributed by atoms with van der Waals surface area (Å²) in [6.07, 6.45) is 8.26. The molecule has 0 radical (unpaired) electrons. The Morgan fingerprint density at radius 3 is 1.88 bits per heavy atom. The van der Waals surface area contributed by atoms with Gasteiger partial charge in [0.05, 0.1) is 7.11 Å². The first kappa shape index (κ1) is 17.6. The minimum atomic E-state index is -2.39. The molecule has 2 nitrogen and oxygen atoms in total. The van der Waals surface area contributed by atoms with E-state index in [4.69, 9.17) is 33.2 Å². The summed E-state index contributed by atoms with van der Waals surface area (Å²) in [7, 11) is 1.43. The van der Waals surface area contributed by atoms with Crippen LogP contribution in [-0.4, -0.2) is 19.1 Å². The molecule has 0 bridgehead atoms. The Balaban J connectivity index is 3.12. The molecule has 0 aromatic carbocycles. The van der Waals surface area contributed by atoms with Crippen LogP contribution in [0.1, 0.15) is 51.4 Å². The summed E-state index contributed by atoms with van der Waals surface area (Å²) in [4.78, 5) is 10.8. The second kappa shape index (κ2) is 10.5. The molecule has 0 aliphatic rings. The van der Waals surface area contributed by atoms with Gasteiger partial charge in [-0.15, -0.1) is 33.2 Å². The molecule has 0 atom stereocenters. The number of unbranched alkanes of at least 4 members (excludes halogenated alkanes) is 6. The van der Waals surface area contributed by atoms with E-state index in [1.54, 1.807) is 0 Å². The van der Waals surface area contributed by atoms with E-state index in [9.17, 15) is 4.79 Å². The standard InChI is InChI=1S/C11H21Cl3O2Si/c1-16-11(15)9-7-5-3-2-4-6-8-10-17(12,13)14/h2-10H2,1H3. The van der Waals surface area contributed by atoms with Crippen LogP contribution in [-0.2, 0) is 9.53 Å². The Labute approximate surface area is 119 Å². The van der Waals surface area contributed by atoms with Crippen molar-refractivity contribution in [3.8, 4) is 0 Å².